The molecular weight excluding hydrogens is 202 g/mol. The second-order valence-corrected chi connectivity index (χ2v) is 5.42. The minimum atomic E-state index is -0.668. The van der Waals surface area contributed by atoms with E-state index in [0.29, 0.717) is 6.04 Å². The Morgan fingerprint density at radius 2 is 1.94 bits per heavy atom. The van der Waals surface area contributed by atoms with Gasteiger partial charge in [-0.3, -0.25) is 9.69 Å². The molecule has 0 saturated heterocycles. The van der Waals surface area contributed by atoms with E-state index in [1.54, 1.807) is 0 Å². The van der Waals surface area contributed by atoms with E-state index < -0.39 is 5.97 Å². The minimum absolute atomic E-state index is 0.297. The van der Waals surface area contributed by atoms with E-state index >= 15 is 0 Å². The molecule has 2 fully saturated rings. The highest BCUT2D eigenvalue weighted by molar-refractivity contribution is 5.73. The average molecular weight is 225 g/mol. The summed E-state index contributed by atoms with van der Waals surface area (Å²) in [4.78, 5) is 13.2. The van der Waals surface area contributed by atoms with Crippen LogP contribution in [0.1, 0.15) is 51.9 Å². The second-order valence-electron chi connectivity index (χ2n) is 5.42. The molecule has 0 heterocycles. The summed E-state index contributed by atoms with van der Waals surface area (Å²) < 4.78 is 0. The molecule has 0 amide bonds. The number of carboxylic acid groups (broad SMARTS) is 1. The molecule has 0 aromatic carbocycles. The van der Waals surface area contributed by atoms with Gasteiger partial charge < -0.3 is 5.11 Å². The van der Waals surface area contributed by atoms with Gasteiger partial charge in [0.15, 0.2) is 0 Å². The Bertz CT molecular complexity index is 244. The lowest BCUT2D eigenvalue weighted by Gasteiger charge is -2.27. The number of carbonyl (C=O) groups is 1. The van der Waals surface area contributed by atoms with Crippen molar-refractivity contribution in [2.75, 3.05) is 6.54 Å². The van der Waals surface area contributed by atoms with Crippen LogP contribution in [0.2, 0.25) is 0 Å². The Kier molecular flexibility index (Phi) is 3.85. The van der Waals surface area contributed by atoms with Gasteiger partial charge in [-0.1, -0.05) is 25.7 Å². The lowest BCUT2D eigenvalue weighted by Crippen LogP contribution is -2.41. The maximum absolute atomic E-state index is 11.0. The lowest BCUT2D eigenvalue weighted by molar-refractivity contribution is -0.143. The third-order valence-corrected chi connectivity index (χ3v) is 4.14. The Morgan fingerprint density at radius 1 is 1.31 bits per heavy atom. The lowest BCUT2D eigenvalue weighted by atomic mass is 10.0. The van der Waals surface area contributed by atoms with Crippen molar-refractivity contribution in [1.29, 1.82) is 0 Å². The summed E-state index contributed by atoms with van der Waals surface area (Å²) in [6, 6.07) is 0.265. The maximum Gasteiger partial charge on any atom is 0.320 e. The predicted octanol–water partition coefficient (Wildman–Crippen LogP) is 2.50. The molecule has 2 rings (SSSR count). The first-order valence-corrected chi connectivity index (χ1v) is 6.67. The van der Waals surface area contributed by atoms with Gasteiger partial charge in [0.05, 0.1) is 0 Å². The molecule has 92 valence electrons. The molecule has 16 heavy (non-hydrogen) atoms. The van der Waals surface area contributed by atoms with E-state index in [2.05, 4.69) is 4.90 Å². The normalized spacial score (nSPS) is 23.9. The van der Waals surface area contributed by atoms with E-state index in [1.165, 1.54) is 44.9 Å². The molecule has 0 spiro atoms. The van der Waals surface area contributed by atoms with Gasteiger partial charge in [0.2, 0.25) is 0 Å². The molecule has 3 heteroatoms. The highest BCUT2D eigenvalue weighted by Crippen LogP contribution is 2.32. The van der Waals surface area contributed by atoms with E-state index in [1.807, 2.05) is 6.92 Å². The van der Waals surface area contributed by atoms with Crippen molar-refractivity contribution < 1.29 is 9.90 Å². The third-order valence-electron chi connectivity index (χ3n) is 4.14. The summed E-state index contributed by atoms with van der Waals surface area (Å²) in [5.41, 5.74) is 0. The van der Waals surface area contributed by atoms with Crippen molar-refractivity contribution in [3.8, 4) is 0 Å². The fraction of sp³-hybridized carbons (Fsp3) is 0.923. The van der Waals surface area contributed by atoms with E-state index in [0.717, 1.165) is 12.5 Å². The molecular formula is C13H23NO2. The molecule has 2 saturated carbocycles. The first kappa shape index (κ1) is 11.9. The largest absolute Gasteiger partial charge is 0.480 e. The fourth-order valence-corrected chi connectivity index (χ4v) is 2.87. The van der Waals surface area contributed by atoms with Gasteiger partial charge in [0.25, 0.3) is 0 Å². The van der Waals surface area contributed by atoms with Gasteiger partial charge in [-0.25, -0.2) is 0 Å². The molecule has 0 aliphatic heterocycles. The quantitative estimate of drug-likeness (QED) is 0.755. The van der Waals surface area contributed by atoms with Crippen molar-refractivity contribution >= 4 is 5.97 Å². The number of aliphatic carboxylic acids is 1. The standard InChI is InChI=1S/C13H23NO2/c1-10(13(15)16)14(12-6-7-12)9-8-11-4-2-3-5-11/h10-12H,2-9H2,1H3,(H,15,16). The first-order valence-electron chi connectivity index (χ1n) is 6.67. The van der Waals surface area contributed by atoms with Gasteiger partial charge in [-0.15, -0.1) is 0 Å². The Labute approximate surface area is 97.8 Å². The Balaban J connectivity index is 1.80. The average Bonchev–Trinajstić information content (AvgIpc) is 2.95. The van der Waals surface area contributed by atoms with Crippen LogP contribution in [0.5, 0.6) is 0 Å². The van der Waals surface area contributed by atoms with Crippen molar-refractivity contribution in [1.82, 2.24) is 4.90 Å². The first-order chi connectivity index (χ1) is 7.68. The number of hydrogen-bond donors (Lipinski definition) is 1. The molecule has 0 aromatic heterocycles. The van der Waals surface area contributed by atoms with E-state index in [4.69, 9.17) is 5.11 Å². The van der Waals surface area contributed by atoms with Crippen LogP contribution < -0.4 is 0 Å². The van der Waals surface area contributed by atoms with Crippen LogP contribution in [0.3, 0.4) is 0 Å². The summed E-state index contributed by atoms with van der Waals surface area (Å²) in [6.45, 7) is 2.82. The number of hydrogen-bond acceptors (Lipinski definition) is 2. The summed E-state index contributed by atoms with van der Waals surface area (Å²) in [6.07, 6.45) is 9.07. The van der Waals surface area contributed by atoms with Crippen LogP contribution in [0.25, 0.3) is 0 Å². The Hall–Kier alpha value is -0.570. The van der Waals surface area contributed by atoms with Gasteiger partial charge in [0.1, 0.15) is 6.04 Å². The molecule has 0 bridgehead atoms. The van der Waals surface area contributed by atoms with Gasteiger partial charge in [-0.05, 0) is 38.6 Å². The summed E-state index contributed by atoms with van der Waals surface area (Å²) >= 11 is 0. The SMILES string of the molecule is CC(C(=O)O)N(CCC1CCCC1)C1CC1. The maximum atomic E-state index is 11.0. The molecule has 0 radical (unpaired) electrons. The minimum Gasteiger partial charge on any atom is -0.480 e. The van der Waals surface area contributed by atoms with Crippen molar-refractivity contribution in [2.24, 2.45) is 5.92 Å². The Morgan fingerprint density at radius 3 is 2.44 bits per heavy atom. The second kappa shape index (κ2) is 5.17. The van der Waals surface area contributed by atoms with Gasteiger partial charge in [0, 0.05) is 6.04 Å². The van der Waals surface area contributed by atoms with Crippen molar-refractivity contribution in [2.45, 2.75) is 64.0 Å². The zero-order valence-corrected chi connectivity index (χ0v) is 10.2. The molecule has 1 N–H and O–H groups in total. The molecule has 1 atom stereocenters. The molecule has 1 unspecified atom stereocenters. The van der Waals surface area contributed by atoms with Crippen LogP contribution in [0.15, 0.2) is 0 Å². The molecule has 3 nitrogen and oxygen atoms in total. The van der Waals surface area contributed by atoms with E-state index in [-0.39, 0.29) is 6.04 Å². The number of carboxylic acids is 1. The van der Waals surface area contributed by atoms with Crippen molar-refractivity contribution in [3.05, 3.63) is 0 Å². The fourth-order valence-electron chi connectivity index (χ4n) is 2.87. The summed E-state index contributed by atoms with van der Waals surface area (Å²) in [5.74, 6) is 0.195. The highest BCUT2D eigenvalue weighted by atomic mass is 16.4. The topological polar surface area (TPSA) is 40.5 Å². The van der Waals surface area contributed by atoms with E-state index in [9.17, 15) is 4.79 Å². The van der Waals surface area contributed by atoms with Crippen molar-refractivity contribution in [3.63, 3.8) is 0 Å². The predicted molar refractivity (Wildman–Crippen MR) is 63.4 cm³/mol. The molecule has 2 aliphatic carbocycles. The number of rotatable bonds is 6. The zero-order valence-electron chi connectivity index (χ0n) is 10.2. The summed E-state index contributed by atoms with van der Waals surface area (Å²) in [7, 11) is 0. The third kappa shape index (κ3) is 2.97. The summed E-state index contributed by atoms with van der Waals surface area (Å²) in [5, 5.41) is 9.08. The monoisotopic (exact) mass is 225 g/mol. The van der Waals surface area contributed by atoms with Crippen LogP contribution in [0, 0.1) is 5.92 Å². The van der Waals surface area contributed by atoms with Gasteiger partial charge >= 0.3 is 5.97 Å². The smallest absolute Gasteiger partial charge is 0.320 e. The van der Waals surface area contributed by atoms with Crippen LogP contribution in [0.4, 0.5) is 0 Å². The van der Waals surface area contributed by atoms with Crippen LogP contribution >= 0.6 is 0 Å². The molecule has 2 aliphatic rings. The molecule has 0 aromatic rings. The highest BCUT2D eigenvalue weighted by Gasteiger charge is 2.35. The number of nitrogens with zero attached hydrogens (tertiary/aromatic N) is 1. The zero-order chi connectivity index (χ0) is 11.5. The van der Waals surface area contributed by atoms with Gasteiger partial charge in [-0.2, -0.15) is 0 Å². The van der Waals surface area contributed by atoms with Crippen LogP contribution in [-0.2, 0) is 4.79 Å². The van der Waals surface area contributed by atoms with Crippen LogP contribution in [-0.4, -0.2) is 34.6 Å².